The van der Waals surface area contributed by atoms with Gasteiger partial charge in [0.15, 0.2) is 0 Å². The van der Waals surface area contributed by atoms with Crippen LogP contribution in [-0.2, 0) is 14.8 Å². The Labute approximate surface area is 181 Å². The SMILES string of the molecule is NC(=O)c1ccc(NC(=O)CN(C2CCCCC2)S(=O)(=O)c2ccc(Cl)cc2)cc1. The van der Waals surface area contributed by atoms with Gasteiger partial charge in [-0.1, -0.05) is 30.9 Å². The molecule has 0 atom stereocenters. The second kappa shape index (κ2) is 9.59. The Hall–Kier alpha value is -2.42. The minimum absolute atomic E-state index is 0.107. The monoisotopic (exact) mass is 449 g/mol. The smallest absolute Gasteiger partial charge is 0.248 e. The van der Waals surface area contributed by atoms with Gasteiger partial charge in [-0.05, 0) is 61.4 Å². The molecule has 7 nitrogen and oxygen atoms in total. The lowest BCUT2D eigenvalue weighted by molar-refractivity contribution is -0.116. The fourth-order valence-electron chi connectivity index (χ4n) is 3.58. The topological polar surface area (TPSA) is 110 Å². The Morgan fingerprint density at radius 2 is 1.60 bits per heavy atom. The molecule has 9 heteroatoms. The molecule has 2 aromatic rings. The summed E-state index contributed by atoms with van der Waals surface area (Å²) in [6.07, 6.45) is 4.34. The zero-order chi connectivity index (χ0) is 21.7. The van der Waals surface area contributed by atoms with E-state index < -0.39 is 21.8 Å². The summed E-state index contributed by atoms with van der Waals surface area (Å²) in [5.74, 6) is -1.02. The summed E-state index contributed by atoms with van der Waals surface area (Å²) in [6, 6.07) is 11.8. The third kappa shape index (κ3) is 5.38. The summed E-state index contributed by atoms with van der Waals surface area (Å²) in [6.45, 7) is -0.298. The lowest BCUT2D eigenvalue weighted by Crippen LogP contribution is -2.45. The van der Waals surface area contributed by atoms with Gasteiger partial charge in [0.25, 0.3) is 0 Å². The van der Waals surface area contributed by atoms with Gasteiger partial charge in [0.05, 0.1) is 11.4 Å². The molecule has 160 valence electrons. The van der Waals surface area contributed by atoms with Crippen molar-refractivity contribution in [3.8, 4) is 0 Å². The number of hydrogen-bond acceptors (Lipinski definition) is 4. The number of carbonyl (C=O) groups excluding carboxylic acids is 2. The molecule has 0 bridgehead atoms. The normalized spacial score (nSPS) is 15.1. The van der Waals surface area contributed by atoms with Gasteiger partial charge < -0.3 is 11.1 Å². The first kappa shape index (κ1) is 22.3. The molecular formula is C21H24ClN3O4S. The van der Waals surface area contributed by atoms with Crippen molar-refractivity contribution in [2.45, 2.75) is 43.0 Å². The molecule has 0 aliphatic heterocycles. The average Bonchev–Trinajstić information content (AvgIpc) is 2.73. The summed E-state index contributed by atoms with van der Waals surface area (Å²) in [5.41, 5.74) is 6.00. The van der Waals surface area contributed by atoms with Crippen LogP contribution in [0.1, 0.15) is 42.5 Å². The number of halogens is 1. The van der Waals surface area contributed by atoms with E-state index in [1.165, 1.54) is 40.7 Å². The molecule has 0 aromatic heterocycles. The molecule has 0 saturated heterocycles. The lowest BCUT2D eigenvalue weighted by Gasteiger charge is -2.33. The first-order valence-electron chi connectivity index (χ1n) is 9.74. The van der Waals surface area contributed by atoms with E-state index in [1.807, 2.05) is 0 Å². The quantitative estimate of drug-likeness (QED) is 0.674. The predicted molar refractivity (Wildman–Crippen MR) is 116 cm³/mol. The minimum Gasteiger partial charge on any atom is -0.366 e. The highest BCUT2D eigenvalue weighted by atomic mass is 35.5. The number of anilines is 1. The molecule has 3 rings (SSSR count). The van der Waals surface area contributed by atoms with Crippen LogP contribution in [0, 0.1) is 0 Å². The van der Waals surface area contributed by atoms with E-state index in [1.54, 1.807) is 12.1 Å². The van der Waals surface area contributed by atoms with Gasteiger partial charge in [0, 0.05) is 22.3 Å². The summed E-state index contributed by atoms with van der Waals surface area (Å²) in [5, 5.41) is 3.13. The van der Waals surface area contributed by atoms with Crippen LogP contribution in [0.5, 0.6) is 0 Å². The highest BCUT2D eigenvalue weighted by Crippen LogP contribution is 2.28. The maximum absolute atomic E-state index is 13.3. The maximum atomic E-state index is 13.3. The van der Waals surface area contributed by atoms with Crippen LogP contribution in [0.2, 0.25) is 5.02 Å². The molecule has 1 aliphatic rings. The molecule has 3 N–H and O–H groups in total. The molecule has 0 spiro atoms. The standard InChI is InChI=1S/C21H24ClN3O4S/c22-16-8-12-19(13-9-16)30(28,29)25(18-4-2-1-3-5-18)14-20(26)24-17-10-6-15(7-11-17)21(23)27/h6-13,18H,1-5,14H2,(H2,23,27)(H,24,26). The average molecular weight is 450 g/mol. The second-order valence-electron chi connectivity index (χ2n) is 7.29. The fraction of sp³-hybridized carbons (Fsp3) is 0.333. The molecule has 1 aliphatic carbocycles. The predicted octanol–water partition coefficient (Wildman–Crippen LogP) is 3.40. The molecule has 0 heterocycles. The molecule has 30 heavy (non-hydrogen) atoms. The Morgan fingerprint density at radius 1 is 1.00 bits per heavy atom. The third-order valence-electron chi connectivity index (χ3n) is 5.15. The molecule has 0 radical (unpaired) electrons. The van der Waals surface area contributed by atoms with Gasteiger partial charge in [0.1, 0.15) is 0 Å². The van der Waals surface area contributed by atoms with Gasteiger partial charge in [-0.2, -0.15) is 4.31 Å². The lowest BCUT2D eigenvalue weighted by atomic mass is 9.95. The Kier molecular flexibility index (Phi) is 7.12. The molecule has 1 saturated carbocycles. The Bertz CT molecular complexity index is 1000. The van der Waals surface area contributed by atoms with E-state index in [4.69, 9.17) is 17.3 Å². The number of carbonyl (C=O) groups is 2. The molecule has 0 unspecified atom stereocenters. The van der Waals surface area contributed by atoms with Crippen molar-refractivity contribution in [1.82, 2.24) is 4.31 Å². The van der Waals surface area contributed by atoms with Gasteiger partial charge in [-0.25, -0.2) is 8.42 Å². The van der Waals surface area contributed by atoms with Crippen molar-refractivity contribution in [2.75, 3.05) is 11.9 Å². The van der Waals surface area contributed by atoms with Crippen molar-refractivity contribution in [3.05, 3.63) is 59.1 Å². The van der Waals surface area contributed by atoms with Gasteiger partial charge in [0.2, 0.25) is 21.8 Å². The number of rotatable bonds is 7. The van der Waals surface area contributed by atoms with E-state index in [2.05, 4.69) is 5.32 Å². The van der Waals surface area contributed by atoms with Gasteiger partial charge in [-0.3, -0.25) is 9.59 Å². The number of benzene rings is 2. The van der Waals surface area contributed by atoms with E-state index in [9.17, 15) is 18.0 Å². The van der Waals surface area contributed by atoms with Crippen LogP contribution in [0.4, 0.5) is 5.69 Å². The van der Waals surface area contributed by atoms with Crippen LogP contribution in [0.3, 0.4) is 0 Å². The van der Waals surface area contributed by atoms with Crippen LogP contribution in [0.15, 0.2) is 53.4 Å². The van der Waals surface area contributed by atoms with Gasteiger partial charge >= 0.3 is 0 Å². The minimum atomic E-state index is -3.87. The van der Waals surface area contributed by atoms with Crippen molar-refractivity contribution in [2.24, 2.45) is 5.73 Å². The zero-order valence-corrected chi connectivity index (χ0v) is 18.0. The van der Waals surface area contributed by atoms with Crippen LogP contribution in [0.25, 0.3) is 0 Å². The summed E-state index contributed by atoms with van der Waals surface area (Å²) >= 11 is 5.89. The first-order valence-corrected chi connectivity index (χ1v) is 11.6. The van der Waals surface area contributed by atoms with Crippen LogP contribution in [-0.4, -0.2) is 37.1 Å². The number of nitrogens with two attached hydrogens (primary N) is 1. The summed E-state index contributed by atoms with van der Waals surface area (Å²) in [4.78, 5) is 24.0. The maximum Gasteiger partial charge on any atom is 0.248 e. The van der Waals surface area contributed by atoms with Crippen LogP contribution < -0.4 is 11.1 Å². The zero-order valence-electron chi connectivity index (χ0n) is 16.4. The van der Waals surface area contributed by atoms with Crippen LogP contribution >= 0.6 is 11.6 Å². The van der Waals surface area contributed by atoms with Crippen molar-refractivity contribution >= 4 is 39.1 Å². The number of nitrogens with one attached hydrogen (secondary N) is 1. The van der Waals surface area contributed by atoms with E-state index in [-0.39, 0.29) is 17.5 Å². The van der Waals surface area contributed by atoms with Crippen molar-refractivity contribution in [3.63, 3.8) is 0 Å². The summed E-state index contributed by atoms with van der Waals surface area (Å²) in [7, 11) is -3.87. The molecular weight excluding hydrogens is 426 g/mol. The van der Waals surface area contributed by atoms with E-state index in [0.29, 0.717) is 29.1 Å². The van der Waals surface area contributed by atoms with E-state index in [0.717, 1.165) is 19.3 Å². The largest absolute Gasteiger partial charge is 0.366 e. The number of primary amides is 1. The van der Waals surface area contributed by atoms with E-state index >= 15 is 0 Å². The number of hydrogen-bond donors (Lipinski definition) is 2. The Balaban J connectivity index is 1.80. The second-order valence-corrected chi connectivity index (χ2v) is 9.61. The van der Waals surface area contributed by atoms with Crippen molar-refractivity contribution < 1.29 is 18.0 Å². The molecule has 2 amide bonds. The number of sulfonamides is 1. The molecule has 1 fully saturated rings. The summed E-state index contributed by atoms with van der Waals surface area (Å²) < 4.78 is 27.9. The van der Waals surface area contributed by atoms with Crippen molar-refractivity contribution in [1.29, 1.82) is 0 Å². The first-order chi connectivity index (χ1) is 14.3. The fourth-order valence-corrected chi connectivity index (χ4v) is 5.35. The highest BCUT2D eigenvalue weighted by molar-refractivity contribution is 7.89. The number of amides is 2. The third-order valence-corrected chi connectivity index (χ3v) is 7.32. The number of nitrogens with zero attached hydrogens (tertiary/aromatic N) is 1. The molecule has 2 aromatic carbocycles. The Morgan fingerprint density at radius 3 is 2.17 bits per heavy atom. The van der Waals surface area contributed by atoms with Gasteiger partial charge in [-0.15, -0.1) is 0 Å². The highest BCUT2D eigenvalue weighted by Gasteiger charge is 2.34.